The normalized spacial score (nSPS) is 18.2. The zero-order valence-electron chi connectivity index (χ0n) is 9.80. The van der Waals surface area contributed by atoms with Crippen LogP contribution in [0.3, 0.4) is 0 Å². The molecule has 0 atom stereocenters. The van der Waals surface area contributed by atoms with Gasteiger partial charge in [0.1, 0.15) is 0 Å². The van der Waals surface area contributed by atoms with Crippen LogP contribution in [-0.2, 0) is 14.4 Å². The maximum absolute atomic E-state index is 11.5. The first kappa shape index (κ1) is 13.5. The number of carbonyl (C=O) groups excluding carboxylic acids is 3. The summed E-state index contributed by atoms with van der Waals surface area (Å²) in [6.07, 6.45) is -0.911. The first-order valence-corrected chi connectivity index (χ1v) is 5.83. The molecule has 0 radical (unpaired) electrons. The van der Waals surface area contributed by atoms with Crippen molar-refractivity contribution in [2.45, 2.75) is 6.92 Å². The Labute approximate surface area is 103 Å². The summed E-state index contributed by atoms with van der Waals surface area (Å²) >= 11 is 1.22. The molecule has 0 spiro atoms. The van der Waals surface area contributed by atoms with Gasteiger partial charge in [-0.15, -0.1) is 0 Å². The summed E-state index contributed by atoms with van der Waals surface area (Å²) in [4.78, 5) is 40.4. The van der Waals surface area contributed by atoms with Crippen molar-refractivity contribution in [3.05, 3.63) is 0 Å². The van der Waals surface area contributed by atoms with E-state index in [1.807, 2.05) is 0 Å². The third-order valence-electron chi connectivity index (χ3n) is 2.15. The van der Waals surface area contributed by atoms with Gasteiger partial charge in [-0.3, -0.25) is 14.4 Å². The van der Waals surface area contributed by atoms with Crippen LogP contribution in [0, 0.1) is 0 Å². The molecule has 17 heavy (non-hydrogen) atoms. The van der Waals surface area contributed by atoms with Crippen molar-refractivity contribution in [1.29, 1.82) is 0 Å². The number of thioether (sulfide) groups is 1. The molecule has 7 nitrogen and oxygen atoms in total. The van der Waals surface area contributed by atoms with E-state index in [1.165, 1.54) is 30.6 Å². The van der Waals surface area contributed by atoms with Crippen LogP contribution in [0.5, 0.6) is 0 Å². The Bertz CT molecular complexity index is 382. The fraction of sp³-hybridized carbons (Fsp3) is 0.556. The van der Waals surface area contributed by atoms with Crippen LogP contribution < -0.4 is 0 Å². The van der Waals surface area contributed by atoms with Crippen LogP contribution in [-0.4, -0.2) is 59.1 Å². The van der Waals surface area contributed by atoms with Crippen molar-refractivity contribution in [1.82, 2.24) is 9.80 Å². The number of hydrogen-bond acceptors (Lipinski definition) is 6. The van der Waals surface area contributed by atoms with Gasteiger partial charge < -0.3 is 4.90 Å². The summed E-state index contributed by atoms with van der Waals surface area (Å²) in [5.41, 5.74) is 0. The summed E-state index contributed by atoms with van der Waals surface area (Å²) in [6.45, 7) is 1.85. The number of imide groups is 1. The third-order valence-corrected chi connectivity index (χ3v) is 3.06. The molecule has 0 aromatic heterocycles. The average Bonchev–Trinajstić information content (AvgIpc) is 2.29. The molecular formula is C9H13N3O4S. The molecule has 1 rings (SSSR count). The lowest BCUT2D eigenvalue weighted by atomic mass is 10.5. The van der Waals surface area contributed by atoms with E-state index in [-0.39, 0.29) is 11.0 Å². The molecule has 0 N–H and O–H groups in total. The smallest absolute Gasteiger partial charge is 0.339 e. The fourth-order valence-corrected chi connectivity index (χ4v) is 1.87. The van der Waals surface area contributed by atoms with E-state index in [1.54, 1.807) is 7.05 Å². The van der Waals surface area contributed by atoms with Crippen LogP contribution in [0.1, 0.15) is 6.92 Å². The molecule has 8 heteroatoms. The van der Waals surface area contributed by atoms with Gasteiger partial charge in [0.2, 0.25) is 11.0 Å². The number of nitrogens with zero attached hydrogens (tertiary/aromatic N) is 3. The van der Waals surface area contributed by atoms with E-state index in [0.717, 1.165) is 4.90 Å². The van der Waals surface area contributed by atoms with Gasteiger partial charge in [0.25, 0.3) is 5.91 Å². The molecule has 94 valence electrons. The molecule has 0 aliphatic carbocycles. The molecule has 1 heterocycles. The molecule has 0 aromatic rings. The van der Waals surface area contributed by atoms with Crippen molar-refractivity contribution >= 4 is 34.7 Å². The number of oxime groups is 1. The van der Waals surface area contributed by atoms with Crippen LogP contribution in [0.2, 0.25) is 0 Å². The van der Waals surface area contributed by atoms with Gasteiger partial charge in [-0.2, -0.15) is 0 Å². The van der Waals surface area contributed by atoms with Crippen LogP contribution in [0.15, 0.2) is 5.16 Å². The third kappa shape index (κ3) is 3.45. The van der Waals surface area contributed by atoms with Gasteiger partial charge in [0, 0.05) is 33.3 Å². The van der Waals surface area contributed by atoms with E-state index >= 15 is 0 Å². The zero-order chi connectivity index (χ0) is 13.0. The lowest BCUT2D eigenvalue weighted by Crippen LogP contribution is -2.38. The van der Waals surface area contributed by atoms with Crippen LogP contribution >= 0.6 is 11.8 Å². The highest BCUT2D eigenvalue weighted by Gasteiger charge is 2.24. The molecule has 0 aromatic carbocycles. The van der Waals surface area contributed by atoms with Gasteiger partial charge in [-0.1, -0.05) is 16.9 Å². The molecule has 1 fully saturated rings. The van der Waals surface area contributed by atoms with Crippen LogP contribution in [0.4, 0.5) is 4.79 Å². The van der Waals surface area contributed by atoms with Gasteiger partial charge in [-0.25, -0.2) is 9.69 Å². The Kier molecular flexibility index (Phi) is 4.50. The van der Waals surface area contributed by atoms with E-state index in [2.05, 4.69) is 9.99 Å². The first-order valence-electron chi connectivity index (χ1n) is 4.85. The molecule has 1 aliphatic rings. The zero-order valence-corrected chi connectivity index (χ0v) is 10.6. The van der Waals surface area contributed by atoms with Crippen LogP contribution in [0.25, 0.3) is 0 Å². The minimum absolute atomic E-state index is 0.115. The standard InChI is InChI=1S/C9H13N3O4S/c1-6(13)12(3)9(15)16-10-7-8(14)11(2)4-5-17-7/h4-5H2,1-3H3. The Balaban J connectivity index is 2.61. The quantitative estimate of drug-likeness (QED) is 0.493. The predicted octanol–water partition coefficient (Wildman–Crippen LogP) is 0.120. The second-order valence-corrected chi connectivity index (χ2v) is 4.49. The van der Waals surface area contributed by atoms with Crippen molar-refractivity contribution in [3.63, 3.8) is 0 Å². The highest BCUT2D eigenvalue weighted by Crippen LogP contribution is 2.13. The number of carbonyl (C=O) groups is 3. The molecule has 3 amide bonds. The van der Waals surface area contributed by atoms with E-state index in [0.29, 0.717) is 12.3 Å². The van der Waals surface area contributed by atoms with Gasteiger partial charge in [-0.05, 0) is 0 Å². The number of rotatable bonds is 1. The summed E-state index contributed by atoms with van der Waals surface area (Å²) in [5, 5.41) is 3.58. The average molecular weight is 259 g/mol. The Morgan fingerprint density at radius 2 is 2.18 bits per heavy atom. The predicted molar refractivity (Wildman–Crippen MR) is 62.5 cm³/mol. The number of amides is 3. The largest absolute Gasteiger partial charge is 0.442 e. The topological polar surface area (TPSA) is 79.3 Å². The van der Waals surface area contributed by atoms with E-state index < -0.39 is 12.0 Å². The Morgan fingerprint density at radius 1 is 1.53 bits per heavy atom. The van der Waals surface area contributed by atoms with Crippen molar-refractivity contribution < 1.29 is 19.2 Å². The SMILES string of the molecule is CC(=O)N(C)C(=O)ON=C1SCCN(C)C1=O. The Hall–Kier alpha value is -1.57. The van der Waals surface area contributed by atoms with Crippen molar-refractivity contribution in [2.75, 3.05) is 26.4 Å². The van der Waals surface area contributed by atoms with Gasteiger partial charge in [0.05, 0.1) is 0 Å². The second-order valence-electron chi connectivity index (χ2n) is 3.41. The monoisotopic (exact) mass is 259 g/mol. The molecule has 1 aliphatic heterocycles. The van der Waals surface area contributed by atoms with Crippen molar-refractivity contribution in [3.8, 4) is 0 Å². The molecule has 0 unspecified atom stereocenters. The minimum Gasteiger partial charge on any atom is -0.339 e. The summed E-state index contributed by atoms with van der Waals surface area (Å²) < 4.78 is 0. The highest BCUT2D eigenvalue weighted by molar-refractivity contribution is 8.15. The lowest BCUT2D eigenvalue weighted by Gasteiger charge is -2.22. The minimum atomic E-state index is -0.911. The van der Waals surface area contributed by atoms with E-state index in [4.69, 9.17) is 0 Å². The van der Waals surface area contributed by atoms with Crippen molar-refractivity contribution in [2.24, 2.45) is 5.16 Å². The highest BCUT2D eigenvalue weighted by atomic mass is 32.2. The number of hydrogen-bond donors (Lipinski definition) is 0. The van der Waals surface area contributed by atoms with Gasteiger partial charge in [0.15, 0.2) is 0 Å². The molecule has 0 saturated carbocycles. The van der Waals surface area contributed by atoms with Gasteiger partial charge >= 0.3 is 6.09 Å². The molecular weight excluding hydrogens is 246 g/mol. The second kappa shape index (κ2) is 5.67. The maximum atomic E-state index is 11.5. The fourth-order valence-electron chi connectivity index (χ4n) is 0.941. The first-order chi connectivity index (χ1) is 7.93. The molecule has 1 saturated heterocycles. The lowest BCUT2D eigenvalue weighted by molar-refractivity contribution is -0.126. The summed E-state index contributed by atoms with van der Waals surface area (Å²) in [5.74, 6) is -0.0595. The summed E-state index contributed by atoms with van der Waals surface area (Å²) in [7, 11) is 2.91. The maximum Gasteiger partial charge on any atom is 0.442 e. The summed E-state index contributed by atoms with van der Waals surface area (Å²) in [6, 6.07) is 0. The molecule has 0 bridgehead atoms. The Morgan fingerprint density at radius 3 is 2.76 bits per heavy atom. The van der Waals surface area contributed by atoms with E-state index in [9.17, 15) is 14.4 Å².